The van der Waals surface area contributed by atoms with Gasteiger partial charge in [0.2, 0.25) is 5.91 Å². The van der Waals surface area contributed by atoms with E-state index in [2.05, 4.69) is 15.6 Å². The number of para-hydroxylation sites is 1. The highest BCUT2D eigenvalue weighted by Crippen LogP contribution is 2.17. The van der Waals surface area contributed by atoms with Crippen LogP contribution in [-0.4, -0.2) is 51.1 Å². The predicted molar refractivity (Wildman–Crippen MR) is 89.1 cm³/mol. The molecule has 122 valence electrons. The van der Waals surface area contributed by atoms with E-state index in [0.29, 0.717) is 25.5 Å². The number of methoxy groups -OCH3 is 1. The second-order valence-corrected chi connectivity index (χ2v) is 4.97. The average molecular weight is 306 g/mol. The third-order valence-electron chi connectivity index (χ3n) is 3.07. The zero-order valence-corrected chi connectivity index (χ0v) is 13.8. The first kappa shape index (κ1) is 17.8. The second kappa shape index (κ2) is 9.65. The van der Waals surface area contributed by atoms with Crippen LogP contribution in [0.15, 0.2) is 29.3 Å². The van der Waals surface area contributed by atoms with Gasteiger partial charge in [-0.3, -0.25) is 4.79 Å². The SMILES string of the molecule is CCNC(=NCc1ccccc1OC)NCCC(=O)N(C)C. The molecule has 0 saturated heterocycles. The molecule has 0 radical (unpaired) electrons. The summed E-state index contributed by atoms with van der Waals surface area (Å²) < 4.78 is 5.32. The molecular formula is C16H26N4O2. The Labute approximate surface area is 132 Å². The van der Waals surface area contributed by atoms with Gasteiger partial charge in [-0.2, -0.15) is 0 Å². The molecule has 2 N–H and O–H groups in total. The molecule has 0 heterocycles. The number of ether oxygens (including phenoxy) is 1. The fourth-order valence-electron chi connectivity index (χ4n) is 1.85. The van der Waals surface area contributed by atoms with Gasteiger partial charge in [0, 0.05) is 39.2 Å². The maximum Gasteiger partial charge on any atom is 0.223 e. The van der Waals surface area contributed by atoms with Gasteiger partial charge in [-0.25, -0.2) is 4.99 Å². The van der Waals surface area contributed by atoms with Crippen LogP contribution in [0.3, 0.4) is 0 Å². The van der Waals surface area contributed by atoms with Gasteiger partial charge >= 0.3 is 0 Å². The summed E-state index contributed by atoms with van der Waals surface area (Å²) in [7, 11) is 5.16. The molecule has 1 aromatic carbocycles. The summed E-state index contributed by atoms with van der Waals surface area (Å²) in [5, 5.41) is 6.33. The second-order valence-electron chi connectivity index (χ2n) is 4.97. The van der Waals surface area contributed by atoms with E-state index in [1.807, 2.05) is 31.2 Å². The van der Waals surface area contributed by atoms with Crippen molar-refractivity contribution in [3.8, 4) is 5.75 Å². The lowest BCUT2D eigenvalue weighted by molar-refractivity contribution is -0.128. The number of guanidine groups is 1. The van der Waals surface area contributed by atoms with Gasteiger partial charge in [0.25, 0.3) is 0 Å². The van der Waals surface area contributed by atoms with Crippen LogP contribution in [-0.2, 0) is 11.3 Å². The molecule has 0 fully saturated rings. The maximum absolute atomic E-state index is 11.6. The molecular weight excluding hydrogens is 280 g/mol. The highest BCUT2D eigenvalue weighted by atomic mass is 16.5. The summed E-state index contributed by atoms with van der Waals surface area (Å²) in [6, 6.07) is 7.80. The van der Waals surface area contributed by atoms with Gasteiger partial charge in [-0.15, -0.1) is 0 Å². The third kappa shape index (κ3) is 6.03. The van der Waals surface area contributed by atoms with E-state index in [1.54, 1.807) is 26.1 Å². The summed E-state index contributed by atoms with van der Waals surface area (Å²) in [5.41, 5.74) is 1.02. The Morgan fingerprint density at radius 1 is 1.27 bits per heavy atom. The first-order chi connectivity index (χ1) is 10.6. The first-order valence-electron chi connectivity index (χ1n) is 7.42. The highest BCUT2D eigenvalue weighted by molar-refractivity contribution is 5.81. The van der Waals surface area contributed by atoms with E-state index in [4.69, 9.17) is 4.74 Å². The molecule has 0 saturated carbocycles. The van der Waals surface area contributed by atoms with Crippen molar-refractivity contribution in [3.63, 3.8) is 0 Å². The Morgan fingerprint density at radius 2 is 2.00 bits per heavy atom. The zero-order chi connectivity index (χ0) is 16.4. The molecule has 0 aromatic heterocycles. The fraction of sp³-hybridized carbons (Fsp3) is 0.500. The molecule has 6 heteroatoms. The van der Waals surface area contributed by atoms with Crippen LogP contribution in [0.1, 0.15) is 18.9 Å². The molecule has 1 aromatic rings. The van der Waals surface area contributed by atoms with E-state index < -0.39 is 0 Å². The van der Waals surface area contributed by atoms with E-state index in [1.165, 1.54) is 0 Å². The molecule has 0 spiro atoms. The average Bonchev–Trinajstić information content (AvgIpc) is 2.52. The number of hydrogen-bond donors (Lipinski definition) is 2. The number of benzene rings is 1. The normalized spacial score (nSPS) is 11.0. The Kier molecular flexibility index (Phi) is 7.81. The number of amides is 1. The van der Waals surface area contributed by atoms with Gasteiger partial charge in [-0.1, -0.05) is 18.2 Å². The predicted octanol–water partition coefficient (Wildman–Crippen LogP) is 1.23. The summed E-state index contributed by atoms with van der Waals surface area (Å²) >= 11 is 0. The number of carbonyl (C=O) groups excluding carboxylic acids is 1. The summed E-state index contributed by atoms with van der Waals surface area (Å²) in [6.07, 6.45) is 0.437. The molecule has 0 aliphatic rings. The maximum atomic E-state index is 11.6. The van der Waals surface area contributed by atoms with Crippen molar-refractivity contribution < 1.29 is 9.53 Å². The smallest absolute Gasteiger partial charge is 0.223 e. The van der Waals surface area contributed by atoms with Crippen molar-refractivity contribution in [3.05, 3.63) is 29.8 Å². The minimum Gasteiger partial charge on any atom is -0.496 e. The quantitative estimate of drug-likeness (QED) is 0.587. The Morgan fingerprint density at radius 3 is 2.64 bits per heavy atom. The standard InChI is InChI=1S/C16H26N4O2/c1-5-17-16(18-11-10-15(21)20(2)3)19-12-13-8-6-7-9-14(13)22-4/h6-9H,5,10-12H2,1-4H3,(H2,17,18,19). The number of nitrogens with zero attached hydrogens (tertiary/aromatic N) is 2. The number of hydrogen-bond acceptors (Lipinski definition) is 3. The third-order valence-corrected chi connectivity index (χ3v) is 3.07. The molecule has 0 aliphatic carbocycles. The van der Waals surface area contributed by atoms with E-state index >= 15 is 0 Å². The van der Waals surface area contributed by atoms with Crippen LogP contribution in [0, 0.1) is 0 Å². The van der Waals surface area contributed by atoms with Gasteiger partial charge in [0.05, 0.1) is 13.7 Å². The van der Waals surface area contributed by atoms with Crippen molar-refractivity contribution >= 4 is 11.9 Å². The van der Waals surface area contributed by atoms with E-state index in [0.717, 1.165) is 17.9 Å². The molecule has 6 nitrogen and oxygen atoms in total. The number of carbonyl (C=O) groups is 1. The Hall–Kier alpha value is -2.24. The number of nitrogens with one attached hydrogen (secondary N) is 2. The number of rotatable bonds is 7. The van der Waals surface area contributed by atoms with Crippen molar-refractivity contribution in [1.82, 2.24) is 15.5 Å². The zero-order valence-electron chi connectivity index (χ0n) is 13.8. The Balaban J connectivity index is 2.60. The van der Waals surface area contributed by atoms with Crippen molar-refractivity contribution in [2.45, 2.75) is 19.9 Å². The molecule has 22 heavy (non-hydrogen) atoms. The molecule has 1 rings (SSSR count). The van der Waals surface area contributed by atoms with Gasteiger partial charge in [0.1, 0.15) is 5.75 Å². The summed E-state index contributed by atoms with van der Waals surface area (Å²) in [5.74, 6) is 1.61. The van der Waals surface area contributed by atoms with Crippen LogP contribution >= 0.6 is 0 Å². The van der Waals surface area contributed by atoms with E-state index in [-0.39, 0.29) is 5.91 Å². The van der Waals surface area contributed by atoms with Gasteiger partial charge < -0.3 is 20.3 Å². The van der Waals surface area contributed by atoms with Crippen LogP contribution < -0.4 is 15.4 Å². The van der Waals surface area contributed by atoms with E-state index in [9.17, 15) is 4.79 Å². The topological polar surface area (TPSA) is 66.0 Å². The largest absolute Gasteiger partial charge is 0.496 e. The highest BCUT2D eigenvalue weighted by Gasteiger charge is 2.05. The Bertz CT molecular complexity index is 501. The summed E-state index contributed by atoms with van der Waals surface area (Å²) in [4.78, 5) is 17.7. The molecule has 0 bridgehead atoms. The van der Waals surface area contributed by atoms with Crippen molar-refractivity contribution in [1.29, 1.82) is 0 Å². The summed E-state index contributed by atoms with van der Waals surface area (Å²) in [6.45, 7) is 3.83. The molecule has 0 unspecified atom stereocenters. The lowest BCUT2D eigenvalue weighted by atomic mass is 10.2. The minimum absolute atomic E-state index is 0.0908. The number of aliphatic imine (C=N–C) groups is 1. The first-order valence-corrected chi connectivity index (χ1v) is 7.42. The molecule has 1 amide bonds. The van der Waals surface area contributed by atoms with Gasteiger partial charge in [-0.05, 0) is 13.0 Å². The van der Waals surface area contributed by atoms with Crippen LogP contribution in [0.4, 0.5) is 0 Å². The lowest BCUT2D eigenvalue weighted by Gasteiger charge is -2.13. The van der Waals surface area contributed by atoms with Crippen LogP contribution in [0.2, 0.25) is 0 Å². The van der Waals surface area contributed by atoms with Crippen LogP contribution in [0.5, 0.6) is 5.75 Å². The van der Waals surface area contributed by atoms with Crippen molar-refractivity contribution in [2.75, 3.05) is 34.3 Å². The van der Waals surface area contributed by atoms with Gasteiger partial charge in [0.15, 0.2) is 5.96 Å². The van der Waals surface area contributed by atoms with Crippen LogP contribution in [0.25, 0.3) is 0 Å². The minimum atomic E-state index is 0.0908. The fourth-order valence-corrected chi connectivity index (χ4v) is 1.85. The lowest BCUT2D eigenvalue weighted by Crippen LogP contribution is -2.39. The van der Waals surface area contributed by atoms with Crippen molar-refractivity contribution in [2.24, 2.45) is 4.99 Å². The molecule has 0 atom stereocenters. The molecule has 0 aliphatic heterocycles. The monoisotopic (exact) mass is 306 g/mol.